The highest BCUT2D eigenvalue weighted by Gasteiger charge is 2.26. The number of hydrogen-bond donors (Lipinski definition) is 1. The van der Waals surface area contributed by atoms with Crippen molar-refractivity contribution in [3.05, 3.63) is 65.2 Å². The zero-order valence-corrected chi connectivity index (χ0v) is 16.9. The molecule has 0 atom stereocenters. The zero-order chi connectivity index (χ0) is 19.9. The van der Waals surface area contributed by atoms with E-state index in [4.69, 9.17) is 0 Å². The average molecular weight is 379 g/mol. The number of piperidine rings is 1. The van der Waals surface area contributed by atoms with Crippen LogP contribution in [0.5, 0.6) is 0 Å². The third-order valence-corrected chi connectivity index (χ3v) is 5.65. The summed E-state index contributed by atoms with van der Waals surface area (Å²) < 4.78 is 0. The first kappa shape index (κ1) is 20.3. The molecule has 148 valence electrons. The number of benzene rings is 2. The first-order valence-corrected chi connectivity index (χ1v) is 10.3. The number of likely N-dealkylation sites (tertiary alicyclic amines) is 1. The summed E-state index contributed by atoms with van der Waals surface area (Å²) in [5, 5.41) is 3.14. The number of carbonyl (C=O) groups is 2. The molecule has 4 nitrogen and oxygen atoms in total. The van der Waals surface area contributed by atoms with E-state index in [0.717, 1.165) is 50.0 Å². The number of nitrogens with one attached hydrogen (secondary N) is 1. The minimum Gasteiger partial charge on any atom is -0.324 e. The maximum absolute atomic E-state index is 12.6. The second-order valence-electron chi connectivity index (χ2n) is 7.49. The predicted molar refractivity (Wildman–Crippen MR) is 114 cm³/mol. The number of amides is 1. The van der Waals surface area contributed by atoms with Crippen LogP contribution < -0.4 is 5.32 Å². The van der Waals surface area contributed by atoms with Gasteiger partial charge in [0.2, 0.25) is 5.91 Å². The Morgan fingerprint density at radius 2 is 1.54 bits per heavy atom. The van der Waals surface area contributed by atoms with Crippen molar-refractivity contribution in [1.29, 1.82) is 0 Å². The summed E-state index contributed by atoms with van der Waals surface area (Å²) in [6.07, 6.45) is 3.42. The Labute approximate surface area is 167 Å². The summed E-state index contributed by atoms with van der Waals surface area (Å²) in [4.78, 5) is 27.4. The van der Waals surface area contributed by atoms with Crippen molar-refractivity contribution < 1.29 is 9.59 Å². The molecule has 1 N–H and O–H groups in total. The van der Waals surface area contributed by atoms with Crippen LogP contribution in [0.1, 0.15) is 48.2 Å². The minimum atomic E-state index is 0.0310. The summed E-state index contributed by atoms with van der Waals surface area (Å²) in [5.41, 5.74) is 4.13. The van der Waals surface area contributed by atoms with E-state index in [9.17, 15) is 9.59 Å². The van der Waals surface area contributed by atoms with Crippen molar-refractivity contribution in [1.82, 2.24) is 4.90 Å². The molecule has 0 radical (unpaired) electrons. The fourth-order valence-corrected chi connectivity index (χ4v) is 3.98. The molecule has 1 aliphatic rings. The van der Waals surface area contributed by atoms with E-state index in [1.807, 2.05) is 30.3 Å². The predicted octanol–water partition coefficient (Wildman–Crippen LogP) is 4.34. The molecule has 0 aromatic heterocycles. The van der Waals surface area contributed by atoms with Crippen molar-refractivity contribution in [3.63, 3.8) is 0 Å². The second-order valence-corrected chi connectivity index (χ2v) is 7.49. The molecule has 2 aromatic carbocycles. The Hall–Kier alpha value is -2.46. The van der Waals surface area contributed by atoms with Crippen LogP contribution in [-0.4, -0.2) is 36.2 Å². The first-order valence-electron chi connectivity index (χ1n) is 10.3. The van der Waals surface area contributed by atoms with Gasteiger partial charge in [-0.1, -0.05) is 62.4 Å². The van der Waals surface area contributed by atoms with E-state index >= 15 is 0 Å². The van der Waals surface area contributed by atoms with Gasteiger partial charge in [0.05, 0.1) is 6.54 Å². The molecule has 3 rings (SSSR count). The molecule has 1 fully saturated rings. The maximum Gasteiger partial charge on any atom is 0.238 e. The molecule has 0 spiro atoms. The first-order chi connectivity index (χ1) is 13.6. The Morgan fingerprint density at radius 3 is 2.11 bits per heavy atom. The summed E-state index contributed by atoms with van der Waals surface area (Å²) in [6.45, 7) is 6.17. The molecular formula is C24H30N2O2. The zero-order valence-electron chi connectivity index (χ0n) is 16.9. The molecule has 1 saturated heterocycles. The molecule has 1 amide bonds. The van der Waals surface area contributed by atoms with Crippen molar-refractivity contribution in [3.8, 4) is 0 Å². The Kier molecular flexibility index (Phi) is 6.99. The van der Waals surface area contributed by atoms with Crippen LogP contribution in [0.4, 0.5) is 5.69 Å². The summed E-state index contributed by atoms with van der Waals surface area (Å²) in [5.74, 6) is 0.326. The third-order valence-electron chi connectivity index (χ3n) is 5.65. The number of para-hydroxylation sites is 1. The third kappa shape index (κ3) is 4.87. The molecule has 0 bridgehead atoms. The fourth-order valence-electron chi connectivity index (χ4n) is 3.98. The van der Waals surface area contributed by atoms with E-state index < -0.39 is 0 Å². The van der Waals surface area contributed by atoms with Gasteiger partial charge in [0.1, 0.15) is 0 Å². The van der Waals surface area contributed by atoms with Crippen molar-refractivity contribution in [2.24, 2.45) is 5.92 Å². The van der Waals surface area contributed by atoms with E-state index in [-0.39, 0.29) is 17.6 Å². The summed E-state index contributed by atoms with van der Waals surface area (Å²) in [6, 6.07) is 15.7. The van der Waals surface area contributed by atoms with Gasteiger partial charge in [-0.05, 0) is 49.9 Å². The van der Waals surface area contributed by atoms with Crippen LogP contribution in [0.15, 0.2) is 48.5 Å². The van der Waals surface area contributed by atoms with Crippen LogP contribution in [0.25, 0.3) is 0 Å². The standard InChI is InChI=1S/C24H30N2O2/c1-3-18-11-8-12-19(4-2)23(18)25-22(27)17-26-15-13-21(14-16-26)24(28)20-9-6-5-7-10-20/h5-12,21H,3-4,13-17H2,1-2H3,(H,25,27). The average Bonchev–Trinajstić information content (AvgIpc) is 2.74. The van der Waals surface area contributed by atoms with Gasteiger partial charge in [0, 0.05) is 17.2 Å². The van der Waals surface area contributed by atoms with Crippen molar-refractivity contribution in [2.45, 2.75) is 39.5 Å². The number of carbonyl (C=O) groups excluding carboxylic acids is 2. The molecule has 28 heavy (non-hydrogen) atoms. The molecule has 1 aliphatic heterocycles. The van der Waals surface area contributed by atoms with Gasteiger partial charge in [-0.3, -0.25) is 14.5 Å². The van der Waals surface area contributed by atoms with Gasteiger partial charge in [0.15, 0.2) is 5.78 Å². The lowest BCUT2D eigenvalue weighted by molar-refractivity contribution is -0.117. The van der Waals surface area contributed by atoms with E-state index in [1.54, 1.807) is 0 Å². The molecular weight excluding hydrogens is 348 g/mol. The smallest absolute Gasteiger partial charge is 0.238 e. The lowest BCUT2D eigenvalue weighted by Gasteiger charge is -2.31. The Balaban J connectivity index is 1.54. The second kappa shape index (κ2) is 9.65. The van der Waals surface area contributed by atoms with Gasteiger partial charge in [-0.15, -0.1) is 0 Å². The summed E-state index contributed by atoms with van der Waals surface area (Å²) in [7, 11) is 0. The molecule has 0 unspecified atom stereocenters. The number of hydrogen-bond acceptors (Lipinski definition) is 3. The highest BCUT2D eigenvalue weighted by Crippen LogP contribution is 2.24. The van der Waals surface area contributed by atoms with Gasteiger partial charge < -0.3 is 5.32 Å². The normalized spacial score (nSPS) is 15.4. The highest BCUT2D eigenvalue weighted by atomic mass is 16.2. The van der Waals surface area contributed by atoms with E-state index in [1.165, 1.54) is 11.1 Å². The number of ketones is 1. The van der Waals surface area contributed by atoms with Crippen LogP contribution >= 0.6 is 0 Å². The Morgan fingerprint density at radius 1 is 0.929 bits per heavy atom. The quantitative estimate of drug-likeness (QED) is 0.729. The van der Waals surface area contributed by atoms with Crippen LogP contribution in [0.2, 0.25) is 0 Å². The Bertz CT molecular complexity index is 786. The van der Waals surface area contributed by atoms with Crippen molar-refractivity contribution in [2.75, 3.05) is 25.0 Å². The molecule has 1 heterocycles. The number of rotatable bonds is 7. The van der Waals surface area contributed by atoms with E-state index in [0.29, 0.717) is 6.54 Å². The number of Topliss-reactive ketones (excluding diaryl/α,β-unsaturated/α-hetero) is 1. The SMILES string of the molecule is CCc1cccc(CC)c1NC(=O)CN1CCC(C(=O)c2ccccc2)CC1. The summed E-state index contributed by atoms with van der Waals surface area (Å²) >= 11 is 0. The van der Waals surface area contributed by atoms with Crippen LogP contribution in [0.3, 0.4) is 0 Å². The number of anilines is 1. The monoisotopic (exact) mass is 378 g/mol. The lowest BCUT2D eigenvalue weighted by Crippen LogP contribution is -2.41. The minimum absolute atomic E-state index is 0.0310. The van der Waals surface area contributed by atoms with Gasteiger partial charge in [-0.25, -0.2) is 0 Å². The van der Waals surface area contributed by atoms with Crippen LogP contribution in [0, 0.1) is 5.92 Å². The molecule has 0 aliphatic carbocycles. The van der Waals surface area contributed by atoms with Gasteiger partial charge in [0.25, 0.3) is 0 Å². The van der Waals surface area contributed by atoms with Gasteiger partial charge >= 0.3 is 0 Å². The maximum atomic E-state index is 12.6. The molecule has 4 heteroatoms. The highest BCUT2D eigenvalue weighted by molar-refractivity contribution is 5.98. The number of nitrogens with zero attached hydrogens (tertiary/aromatic N) is 1. The number of aryl methyl sites for hydroxylation is 2. The topological polar surface area (TPSA) is 49.4 Å². The fraction of sp³-hybridized carbons (Fsp3) is 0.417. The molecule has 2 aromatic rings. The largest absolute Gasteiger partial charge is 0.324 e. The van der Waals surface area contributed by atoms with E-state index in [2.05, 4.69) is 42.3 Å². The van der Waals surface area contributed by atoms with Crippen LogP contribution in [-0.2, 0) is 17.6 Å². The van der Waals surface area contributed by atoms with Crippen molar-refractivity contribution >= 4 is 17.4 Å². The molecule has 0 saturated carbocycles. The van der Waals surface area contributed by atoms with Gasteiger partial charge in [-0.2, -0.15) is 0 Å². The lowest BCUT2D eigenvalue weighted by atomic mass is 9.89.